The lowest BCUT2D eigenvalue weighted by Gasteiger charge is -2.05. The Bertz CT molecular complexity index is 334. The number of hydrogen-bond donors (Lipinski definition) is 1. The Kier molecular flexibility index (Phi) is 4.87. The molecule has 82 valence electrons. The number of methoxy groups -OCH3 is 1. The molecule has 0 saturated carbocycles. The van der Waals surface area contributed by atoms with E-state index in [2.05, 4.69) is 17.8 Å². The van der Waals surface area contributed by atoms with Crippen LogP contribution in [0.15, 0.2) is 24.3 Å². The van der Waals surface area contributed by atoms with E-state index in [4.69, 9.17) is 10.6 Å². The number of ether oxygens (including phenoxy) is 1. The molecular formula is C12H17NO2. The highest BCUT2D eigenvalue weighted by atomic mass is 16.6. The van der Waals surface area contributed by atoms with Gasteiger partial charge in [-0.15, -0.1) is 0 Å². The van der Waals surface area contributed by atoms with Crippen LogP contribution >= 0.6 is 0 Å². The minimum absolute atomic E-state index is 0.532. The number of nitrogens with two attached hydrogens (primary N) is 1. The summed E-state index contributed by atoms with van der Waals surface area (Å²) < 4.78 is 5.25. The van der Waals surface area contributed by atoms with Gasteiger partial charge in [0, 0.05) is 5.56 Å². The summed E-state index contributed by atoms with van der Waals surface area (Å²) in [7, 11) is 1.67. The highest BCUT2D eigenvalue weighted by Gasteiger charge is 1.98. The molecule has 3 heteroatoms. The molecule has 1 aromatic carbocycles. The van der Waals surface area contributed by atoms with Crippen LogP contribution in [-0.4, -0.2) is 13.7 Å². The number of rotatable bonds is 5. The third-order valence-corrected chi connectivity index (χ3v) is 2.08. The molecule has 0 bridgehead atoms. The maximum Gasteiger partial charge on any atom is 0.126 e. The smallest absolute Gasteiger partial charge is 0.126 e. The molecule has 0 aliphatic carbocycles. The molecule has 0 atom stereocenters. The van der Waals surface area contributed by atoms with E-state index < -0.39 is 0 Å². The van der Waals surface area contributed by atoms with Gasteiger partial charge in [-0.2, -0.15) is 0 Å². The van der Waals surface area contributed by atoms with Crippen molar-refractivity contribution in [2.24, 2.45) is 5.90 Å². The lowest BCUT2D eigenvalue weighted by Crippen LogP contribution is -1.98. The molecule has 15 heavy (non-hydrogen) atoms. The first-order chi connectivity index (χ1) is 7.27. The Hall–Kier alpha value is -1.32. The van der Waals surface area contributed by atoms with Crippen LogP contribution in [0.2, 0.25) is 0 Å². The van der Waals surface area contributed by atoms with Crippen LogP contribution in [0.1, 0.15) is 17.5 Å². The number of benzene rings is 1. The minimum Gasteiger partial charge on any atom is -0.496 e. The zero-order valence-electron chi connectivity index (χ0n) is 9.19. The average Bonchev–Trinajstić information content (AvgIpc) is 2.25. The maximum atomic E-state index is 5.25. The normalized spacial score (nSPS) is 10.9. The van der Waals surface area contributed by atoms with Gasteiger partial charge in [0.25, 0.3) is 0 Å². The molecule has 0 aromatic heterocycles. The molecule has 0 radical (unpaired) electrons. The Morgan fingerprint density at radius 1 is 1.40 bits per heavy atom. The minimum atomic E-state index is 0.532. The van der Waals surface area contributed by atoms with Gasteiger partial charge in [-0.25, -0.2) is 5.90 Å². The van der Waals surface area contributed by atoms with E-state index in [1.807, 2.05) is 24.3 Å². The quantitative estimate of drug-likeness (QED) is 0.595. The van der Waals surface area contributed by atoms with Crippen LogP contribution in [0.25, 0.3) is 6.08 Å². The fourth-order valence-electron chi connectivity index (χ4n) is 1.33. The third kappa shape index (κ3) is 3.73. The molecular weight excluding hydrogens is 190 g/mol. The second-order valence-electron chi connectivity index (χ2n) is 3.31. The van der Waals surface area contributed by atoms with Crippen molar-refractivity contribution in [3.63, 3.8) is 0 Å². The van der Waals surface area contributed by atoms with Crippen LogP contribution in [0, 0.1) is 6.92 Å². The van der Waals surface area contributed by atoms with Crippen molar-refractivity contribution < 1.29 is 9.57 Å². The van der Waals surface area contributed by atoms with E-state index in [1.54, 1.807) is 7.11 Å². The summed E-state index contributed by atoms with van der Waals surface area (Å²) in [5.74, 6) is 5.81. The molecule has 1 aromatic rings. The second kappa shape index (κ2) is 6.22. The topological polar surface area (TPSA) is 44.5 Å². The van der Waals surface area contributed by atoms with Gasteiger partial charge in [-0.1, -0.05) is 23.8 Å². The summed E-state index contributed by atoms with van der Waals surface area (Å²) in [5.41, 5.74) is 2.29. The van der Waals surface area contributed by atoms with Crippen LogP contribution in [0.5, 0.6) is 5.75 Å². The van der Waals surface area contributed by atoms with Crippen LogP contribution in [0.4, 0.5) is 0 Å². The van der Waals surface area contributed by atoms with E-state index in [0.29, 0.717) is 6.61 Å². The molecule has 0 heterocycles. The van der Waals surface area contributed by atoms with Gasteiger partial charge in [-0.05, 0) is 25.5 Å². The largest absolute Gasteiger partial charge is 0.496 e. The average molecular weight is 207 g/mol. The molecule has 0 saturated heterocycles. The highest BCUT2D eigenvalue weighted by molar-refractivity contribution is 5.58. The van der Waals surface area contributed by atoms with Gasteiger partial charge in [0.1, 0.15) is 5.75 Å². The van der Waals surface area contributed by atoms with Crippen molar-refractivity contribution in [1.29, 1.82) is 0 Å². The summed E-state index contributed by atoms with van der Waals surface area (Å²) in [4.78, 5) is 4.48. The summed E-state index contributed by atoms with van der Waals surface area (Å²) in [6.07, 6.45) is 4.84. The van der Waals surface area contributed by atoms with Crippen molar-refractivity contribution in [2.45, 2.75) is 13.3 Å². The molecule has 0 unspecified atom stereocenters. The zero-order chi connectivity index (χ0) is 11.1. The monoisotopic (exact) mass is 207 g/mol. The molecule has 0 spiro atoms. The van der Waals surface area contributed by atoms with Crippen molar-refractivity contribution in [3.8, 4) is 5.75 Å². The van der Waals surface area contributed by atoms with Gasteiger partial charge >= 0.3 is 0 Å². The Morgan fingerprint density at radius 3 is 2.87 bits per heavy atom. The predicted molar refractivity (Wildman–Crippen MR) is 61.5 cm³/mol. The molecule has 1 rings (SSSR count). The Morgan fingerprint density at radius 2 is 2.20 bits per heavy atom. The highest BCUT2D eigenvalue weighted by Crippen LogP contribution is 2.20. The fraction of sp³-hybridized carbons (Fsp3) is 0.333. The van der Waals surface area contributed by atoms with Crippen LogP contribution in [0.3, 0.4) is 0 Å². The van der Waals surface area contributed by atoms with E-state index in [1.165, 1.54) is 5.56 Å². The standard InChI is InChI=1S/C12H17NO2/c1-10-6-7-12(14-2)11(9-10)5-3-4-8-15-13/h3,5-7,9H,4,8,13H2,1-2H3/b5-3+. The molecule has 3 nitrogen and oxygen atoms in total. The Labute approximate surface area is 90.5 Å². The SMILES string of the molecule is COc1ccc(C)cc1/C=C/CCON. The lowest BCUT2D eigenvalue weighted by atomic mass is 10.1. The van der Waals surface area contributed by atoms with Crippen LogP contribution in [-0.2, 0) is 4.84 Å². The first kappa shape index (κ1) is 11.8. The van der Waals surface area contributed by atoms with Gasteiger partial charge in [0.05, 0.1) is 13.7 Å². The second-order valence-corrected chi connectivity index (χ2v) is 3.31. The van der Waals surface area contributed by atoms with Crippen molar-refractivity contribution >= 4 is 6.08 Å². The van der Waals surface area contributed by atoms with E-state index in [0.717, 1.165) is 17.7 Å². The van der Waals surface area contributed by atoms with Gasteiger partial charge in [0.15, 0.2) is 0 Å². The zero-order valence-corrected chi connectivity index (χ0v) is 9.19. The van der Waals surface area contributed by atoms with E-state index >= 15 is 0 Å². The maximum absolute atomic E-state index is 5.25. The fourth-order valence-corrected chi connectivity index (χ4v) is 1.33. The predicted octanol–water partition coefficient (Wildman–Crippen LogP) is 2.30. The van der Waals surface area contributed by atoms with E-state index in [-0.39, 0.29) is 0 Å². The van der Waals surface area contributed by atoms with Gasteiger partial charge in [0.2, 0.25) is 0 Å². The van der Waals surface area contributed by atoms with Gasteiger partial charge < -0.3 is 9.57 Å². The summed E-state index contributed by atoms with van der Waals surface area (Å²) in [5, 5.41) is 0. The molecule has 0 aliphatic rings. The molecule has 0 amide bonds. The Balaban J connectivity index is 2.73. The van der Waals surface area contributed by atoms with Crippen molar-refractivity contribution in [2.75, 3.05) is 13.7 Å². The first-order valence-electron chi connectivity index (χ1n) is 4.91. The van der Waals surface area contributed by atoms with Crippen LogP contribution < -0.4 is 10.6 Å². The van der Waals surface area contributed by atoms with Crippen molar-refractivity contribution in [1.82, 2.24) is 0 Å². The third-order valence-electron chi connectivity index (χ3n) is 2.08. The van der Waals surface area contributed by atoms with Gasteiger partial charge in [-0.3, -0.25) is 0 Å². The summed E-state index contributed by atoms with van der Waals surface area (Å²) >= 11 is 0. The molecule has 2 N–H and O–H groups in total. The molecule has 0 fully saturated rings. The first-order valence-corrected chi connectivity index (χ1v) is 4.91. The van der Waals surface area contributed by atoms with Crippen molar-refractivity contribution in [3.05, 3.63) is 35.4 Å². The lowest BCUT2D eigenvalue weighted by molar-refractivity contribution is 0.143. The molecule has 0 aliphatic heterocycles. The number of aryl methyl sites for hydroxylation is 1. The summed E-state index contributed by atoms with van der Waals surface area (Å²) in [6, 6.07) is 6.08. The summed E-state index contributed by atoms with van der Waals surface area (Å²) in [6.45, 7) is 2.59. The number of hydrogen-bond acceptors (Lipinski definition) is 3. The van der Waals surface area contributed by atoms with E-state index in [9.17, 15) is 0 Å².